The van der Waals surface area contributed by atoms with Crippen molar-refractivity contribution in [2.75, 3.05) is 0 Å². The topological polar surface area (TPSA) is 49.8 Å². The first-order chi connectivity index (χ1) is 33.4. The van der Waals surface area contributed by atoms with Gasteiger partial charge in [0.25, 0.3) is 0 Å². The molecule has 0 saturated carbocycles. The molecule has 0 saturated heterocycles. The van der Waals surface area contributed by atoms with Gasteiger partial charge in [0.1, 0.15) is 5.82 Å². The molecular weight excluding hydrogens is 990 g/mol. The van der Waals surface area contributed by atoms with Crippen LogP contribution in [0.15, 0.2) is 207 Å². The van der Waals surface area contributed by atoms with Crippen molar-refractivity contribution in [3.63, 3.8) is 0 Å². The molecule has 6 nitrogen and oxygen atoms in total. The average molecular weight is 1030 g/mol. The number of hydrogen-bond acceptors (Lipinski definition) is 3. The van der Waals surface area contributed by atoms with Crippen molar-refractivity contribution < 1.29 is 29.9 Å². The van der Waals surface area contributed by atoms with Crippen molar-refractivity contribution in [3.8, 4) is 51.1 Å². The predicted octanol–water partition coefficient (Wildman–Crippen LogP) is 14.8. The summed E-state index contributed by atoms with van der Waals surface area (Å²) in [4.78, 5) is 9.74. The number of ether oxygens (including phenoxy) is 1. The first-order valence-electron chi connectivity index (χ1n) is 23.1. The first kappa shape index (κ1) is 36.3. The standard InChI is InChI=1S/C59H37N5O.Pt/c1-38-34-58(64-54-28-11-6-22-46(54)47-32-31-41(36-57(47)64)65-40-17-14-16-39(35-40)49-23-12-13-33-60-49)61-37-48(38)59-55(62-50-24-7-2-18-42(50)43-19-3-8-25-51(43)62)29-15-30-56(59)63-52-26-9-4-20-44(52)45-21-5-10-27-53(45)63;/h2-34,37H,1H3;/q-2;+2/i1D3;. The Labute approximate surface area is 399 Å². The monoisotopic (exact) mass is 1030 g/mol. The zero-order chi connectivity index (χ0) is 45.5. The molecule has 13 rings (SSSR count). The van der Waals surface area contributed by atoms with Crippen molar-refractivity contribution >= 4 is 65.4 Å². The summed E-state index contributed by atoms with van der Waals surface area (Å²) in [6, 6.07) is 71.9. The molecule has 0 amide bonds. The van der Waals surface area contributed by atoms with Gasteiger partial charge < -0.3 is 23.4 Å². The van der Waals surface area contributed by atoms with E-state index in [4.69, 9.17) is 9.72 Å². The molecule has 314 valence electrons. The van der Waals surface area contributed by atoms with E-state index in [1.165, 1.54) is 0 Å². The molecule has 0 fully saturated rings. The van der Waals surface area contributed by atoms with E-state index in [1.54, 1.807) is 18.5 Å². The Balaban J connectivity index is 0.00000492. The average Bonchev–Trinajstić information content (AvgIpc) is 4.02. The molecule has 0 aliphatic rings. The maximum absolute atomic E-state index is 9.31. The number of pyridine rings is 2. The Hall–Kier alpha value is -8.05. The van der Waals surface area contributed by atoms with Gasteiger partial charge in [0.05, 0.1) is 33.4 Å². The quantitative estimate of drug-likeness (QED) is 0.150. The number of nitrogens with zero attached hydrogens (tertiary/aromatic N) is 5. The SMILES string of the molecule is [2H]C([2H])([2H])c1cc(-n2c3[c-]c(Oc4[c-]c(-c5ccccn5)ccc4)ccc3c3ccccc32)ncc1-c1c(-n2c3ccccc3c3ccccc32)cccc1-n1c2ccccc2c2ccccc21.[Pt+2]. The molecule has 7 heteroatoms. The summed E-state index contributed by atoms with van der Waals surface area (Å²) in [6.45, 7) is -2.57. The van der Waals surface area contributed by atoms with Gasteiger partial charge in [0.15, 0.2) is 0 Å². The van der Waals surface area contributed by atoms with Crippen LogP contribution in [-0.2, 0) is 21.1 Å². The van der Waals surface area contributed by atoms with E-state index >= 15 is 0 Å². The van der Waals surface area contributed by atoms with E-state index < -0.39 is 6.85 Å². The molecule has 0 radical (unpaired) electrons. The molecule has 5 heterocycles. The second-order valence-corrected chi connectivity index (χ2v) is 16.2. The number of aromatic nitrogens is 5. The summed E-state index contributed by atoms with van der Waals surface area (Å²) in [5.41, 5.74) is 10.2. The van der Waals surface area contributed by atoms with E-state index in [9.17, 15) is 4.11 Å². The van der Waals surface area contributed by atoms with Crippen LogP contribution >= 0.6 is 0 Å². The molecule has 0 aliphatic carbocycles. The minimum Gasteiger partial charge on any atom is -0.503 e. The third kappa shape index (κ3) is 6.21. The Morgan fingerprint density at radius 3 is 1.55 bits per heavy atom. The smallest absolute Gasteiger partial charge is 0.503 e. The molecule has 8 aromatic carbocycles. The molecule has 0 bridgehead atoms. The Morgan fingerprint density at radius 2 is 0.985 bits per heavy atom. The van der Waals surface area contributed by atoms with Gasteiger partial charge in [-0.05, 0) is 78.1 Å². The van der Waals surface area contributed by atoms with Crippen molar-refractivity contribution in [2.45, 2.75) is 6.85 Å². The van der Waals surface area contributed by atoms with E-state index in [1.807, 2.05) is 71.3 Å². The van der Waals surface area contributed by atoms with Gasteiger partial charge in [-0.2, -0.15) is 6.07 Å². The van der Waals surface area contributed by atoms with Crippen LogP contribution in [-0.4, -0.2) is 23.7 Å². The van der Waals surface area contributed by atoms with Crippen LogP contribution in [0.5, 0.6) is 11.5 Å². The zero-order valence-corrected chi connectivity index (χ0v) is 37.4. The van der Waals surface area contributed by atoms with Crippen LogP contribution in [0.4, 0.5) is 0 Å². The van der Waals surface area contributed by atoms with Crippen LogP contribution in [0.25, 0.3) is 105 Å². The molecule has 0 unspecified atom stereocenters. The maximum atomic E-state index is 9.31. The Kier molecular flexibility index (Phi) is 8.74. The van der Waals surface area contributed by atoms with Crippen LogP contribution in [0.3, 0.4) is 0 Å². The number of hydrogen-bond donors (Lipinski definition) is 0. The van der Waals surface area contributed by atoms with Crippen molar-refractivity contribution in [3.05, 3.63) is 224 Å². The molecule has 0 atom stereocenters. The zero-order valence-electron chi connectivity index (χ0n) is 38.1. The van der Waals surface area contributed by atoms with Crippen molar-refractivity contribution in [2.24, 2.45) is 0 Å². The summed E-state index contributed by atoms with van der Waals surface area (Å²) in [5.74, 6) is 1.43. The fourth-order valence-corrected chi connectivity index (χ4v) is 9.78. The van der Waals surface area contributed by atoms with Crippen molar-refractivity contribution in [1.82, 2.24) is 23.7 Å². The fraction of sp³-hybridized carbons (Fsp3) is 0.0169. The van der Waals surface area contributed by atoms with Crippen LogP contribution in [0, 0.1) is 19.0 Å². The second-order valence-electron chi connectivity index (χ2n) is 16.2. The number of rotatable bonds is 7. The number of para-hydroxylation sites is 5. The van der Waals surface area contributed by atoms with Gasteiger partial charge in [-0.25, -0.2) is 4.98 Å². The summed E-state index contributed by atoms with van der Waals surface area (Å²) in [6.07, 6.45) is 3.50. The van der Waals surface area contributed by atoms with Crippen molar-refractivity contribution in [1.29, 1.82) is 0 Å². The Bertz CT molecular complexity index is 3900. The normalized spacial score (nSPS) is 12.5. The van der Waals surface area contributed by atoms with Crippen LogP contribution in [0.1, 0.15) is 9.68 Å². The maximum Gasteiger partial charge on any atom is 2.00 e. The second kappa shape index (κ2) is 15.9. The number of aryl methyl sites for hydroxylation is 1. The number of fused-ring (bicyclic) bond motifs is 9. The third-order valence-corrected chi connectivity index (χ3v) is 12.5. The molecule has 0 spiro atoms. The third-order valence-electron chi connectivity index (χ3n) is 12.5. The van der Waals surface area contributed by atoms with Gasteiger partial charge in [-0.15, -0.1) is 41.3 Å². The molecule has 5 aromatic heterocycles. The molecule has 13 aromatic rings. The molecule has 0 aliphatic heterocycles. The summed E-state index contributed by atoms with van der Waals surface area (Å²) < 4.78 is 40.9. The number of benzene rings is 8. The van der Waals surface area contributed by atoms with Gasteiger partial charge in [0.2, 0.25) is 0 Å². The van der Waals surface area contributed by atoms with E-state index in [0.29, 0.717) is 28.4 Å². The summed E-state index contributed by atoms with van der Waals surface area (Å²) in [5, 5.41) is 6.30. The minimum atomic E-state index is -2.57. The van der Waals surface area contributed by atoms with Gasteiger partial charge >= 0.3 is 21.1 Å². The molecule has 0 N–H and O–H groups in total. The van der Waals surface area contributed by atoms with Crippen LogP contribution < -0.4 is 4.74 Å². The van der Waals surface area contributed by atoms with E-state index in [-0.39, 0.29) is 26.6 Å². The largest absolute Gasteiger partial charge is 2.00 e. The predicted molar refractivity (Wildman–Crippen MR) is 265 cm³/mol. The summed E-state index contributed by atoms with van der Waals surface area (Å²) >= 11 is 0. The minimum absolute atomic E-state index is 0. The summed E-state index contributed by atoms with van der Waals surface area (Å²) in [7, 11) is 0. The van der Waals surface area contributed by atoms with Crippen LogP contribution in [0.2, 0.25) is 0 Å². The molecular formula is C59H37N5OPt. The first-order valence-corrected chi connectivity index (χ1v) is 21.6. The Morgan fingerprint density at radius 1 is 0.470 bits per heavy atom. The van der Waals surface area contributed by atoms with E-state index in [2.05, 4.69) is 148 Å². The fourth-order valence-electron chi connectivity index (χ4n) is 9.78. The van der Waals surface area contributed by atoms with Gasteiger partial charge in [-0.1, -0.05) is 121 Å². The molecule has 66 heavy (non-hydrogen) atoms. The van der Waals surface area contributed by atoms with Gasteiger partial charge in [0, 0.05) is 66.2 Å². The van der Waals surface area contributed by atoms with Gasteiger partial charge in [-0.3, -0.25) is 0 Å². The van der Waals surface area contributed by atoms with E-state index in [0.717, 1.165) is 88.1 Å².